The van der Waals surface area contributed by atoms with E-state index in [1.165, 1.54) is 5.56 Å². The number of alkyl carbamates (subject to hydrolysis) is 1. The van der Waals surface area contributed by atoms with E-state index < -0.39 is 12.3 Å². The molecule has 1 rings (SSSR count). The topological polar surface area (TPSA) is 47.6 Å². The summed E-state index contributed by atoms with van der Waals surface area (Å²) in [5.74, 6) is 1.28. The Morgan fingerprint density at radius 2 is 1.77 bits per heavy atom. The van der Waals surface area contributed by atoms with Gasteiger partial charge in [0.1, 0.15) is 24.6 Å². The van der Waals surface area contributed by atoms with E-state index in [1.807, 2.05) is 52.0 Å². The molecule has 148 valence electrons. The Kier molecular flexibility index (Phi) is 9.46. The van der Waals surface area contributed by atoms with Gasteiger partial charge >= 0.3 is 6.09 Å². The average molecular weight is 368 g/mol. The van der Waals surface area contributed by atoms with Crippen LogP contribution < -0.4 is 10.1 Å². The standard InChI is InChI=1S/C21H34FNO3/c1-16(6-8-17(2)23-20(24)26-21(3,4)5)7-9-18-10-12-19(13-11-18)25-15-14-22/h10-13,16-17H,6-9,14-15H2,1-5H3,(H,23,24)/t16?,17-/m0/s1. The number of carbonyl (C=O) groups is 1. The van der Waals surface area contributed by atoms with E-state index in [4.69, 9.17) is 9.47 Å². The Bertz CT molecular complexity index is 525. The molecule has 4 nitrogen and oxygen atoms in total. The number of carbonyl (C=O) groups excluding carboxylic acids is 1. The minimum Gasteiger partial charge on any atom is -0.491 e. The fourth-order valence-corrected chi connectivity index (χ4v) is 2.58. The van der Waals surface area contributed by atoms with Gasteiger partial charge in [0, 0.05) is 6.04 Å². The van der Waals surface area contributed by atoms with Gasteiger partial charge in [-0.2, -0.15) is 0 Å². The van der Waals surface area contributed by atoms with Crippen LogP contribution >= 0.6 is 0 Å². The lowest BCUT2D eigenvalue weighted by molar-refractivity contribution is 0.0505. The molecule has 0 saturated heterocycles. The van der Waals surface area contributed by atoms with Crippen molar-refractivity contribution in [2.24, 2.45) is 5.92 Å². The number of hydrogen-bond acceptors (Lipinski definition) is 3. The van der Waals surface area contributed by atoms with Gasteiger partial charge in [-0.15, -0.1) is 0 Å². The summed E-state index contributed by atoms with van der Waals surface area (Å²) < 4.78 is 22.6. The summed E-state index contributed by atoms with van der Waals surface area (Å²) >= 11 is 0. The summed E-state index contributed by atoms with van der Waals surface area (Å²) in [6.07, 6.45) is 3.71. The molecular formula is C21H34FNO3. The number of nitrogens with one attached hydrogen (secondary N) is 1. The lowest BCUT2D eigenvalue weighted by Gasteiger charge is -2.22. The van der Waals surface area contributed by atoms with Gasteiger partial charge in [0.15, 0.2) is 0 Å². The number of ether oxygens (including phenoxy) is 2. The predicted octanol–water partition coefficient (Wildman–Crippen LogP) is 5.30. The second kappa shape index (κ2) is 11.0. The molecule has 1 unspecified atom stereocenters. The molecule has 0 heterocycles. The zero-order valence-corrected chi connectivity index (χ0v) is 16.8. The molecule has 2 atom stereocenters. The van der Waals surface area contributed by atoms with Crippen molar-refractivity contribution < 1.29 is 18.7 Å². The zero-order chi connectivity index (χ0) is 19.6. The number of alkyl halides is 1. The van der Waals surface area contributed by atoms with E-state index >= 15 is 0 Å². The molecule has 1 aromatic rings. The first kappa shape index (κ1) is 22.3. The molecule has 0 aliphatic heterocycles. The third kappa shape index (κ3) is 10.3. The molecule has 26 heavy (non-hydrogen) atoms. The Balaban J connectivity index is 2.25. The highest BCUT2D eigenvalue weighted by atomic mass is 19.1. The minimum absolute atomic E-state index is 0.0965. The Morgan fingerprint density at radius 1 is 1.12 bits per heavy atom. The van der Waals surface area contributed by atoms with Crippen molar-refractivity contribution in [3.8, 4) is 5.75 Å². The molecule has 0 aliphatic rings. The van der Waals surface area contributed by atoms with Crippen LogP contribution in [-0.4, -0.2) is 31.0 Å². The fourth-order valence-electron chi connectivity index (χ4n) is 2.58. The van der Waals surface area contributed by atoms with Gasteiger partial charge in [0.05, 0.1) is 0 Å². The number of benzene rings is 1. The molecule has 1 amide bonds. The van der Waals surface area contributed by atoms with Crippen molar-refractivity contribution in [3.05, 3.63) is 29.8 Å². The van der Waals surface area contributed by atoms with Crippen LogP contribution in [0.3, 0.4) is 0 Å². The SMILES string of the molecule is CC(CCc1ccc(OCCF)cc1)CC[C@H](C)NC(=O)OC(C)(C)C. The quantitative estimate of drug-likeness (QED) is 0.611. The molecule has 1 N–H and O–H groups in total. The maximum Gasteiger partial charge on any atom is 0.407 e. The average Bonchev–Trinajstić information content (AvgIpc) is 2.55. The van der Waals surface area contributed by atoms with Gasteiger partial charge in [-0.3, -0.25) is 0 Å². The Hall–Kier alpha value is -1.78. The van der Waals surface area contributed by atoms with Crippen molar-refractivity contribution in [1.82, 2.24) is 5.32 Å². The van der Waals surface area contributed by atoms with Crippen molar-refractivity contribution >= 4 is 6.09 Å². The molecule has 0 saturated carbocycles. The summed E-state index contributed by atoms with van der Waals surface area (Å²) in [7, 11) is 0. The Morgan fingerprint density at radius 3 is 2.35 bits per heavy atom. The van der Waals surface area contributed by atoms with Crippen LogP contribution in [-0.2, 0) is 11.2 Å². The zero-order valence-electron chi connectivity index (χ0n) is 16.8. The monoisotopic (exact) mass is 367 g/mol. The van der Waals surface area contributed by atoms with Gasteiger partial charge in [0.25, 0.3) is 0 Å². The highest BCUT2D eigenvalue weighted by Crippen LogP contribution is 2.18. The van der Waals surface area contributed by atoms with E-state index in [0.29, 0.717) is 11.7 Å². The molecule has 5 heteroatoms. The largest absolute Gasteiger partial charge is 0.491 e. The number of rotatable bonds is 10. The predicted molar refractivity (Wildman–Crippen MR) is 103 cm³/mol. The van der Waals surface area contributed by atoms with E-state index in [-0.39, 0.29) is 18.7 Å². The van der Waals surface area contributed by atoms with Crippen LogP contribution in [0.25, 0.3) is 0 Å². The van der Waals surface area contributed by atoms with Gasteiger partial charge < -0.3 is 14.8 Å². The van der Waals surface area contributed by atoms with E-state index in [0.717, 1.165) is 25.7 Å². The third-order valence-corrected chi connectivity index (χ3v) is 4.05. The Labute approximate surface area is 157 Å². The van der Waals surface area contributed by atoms with E-state index in [9.17, 15) is 9.18 Å². The molecule has 1 aromatic carbocycles. The van der Waals surface area contributed by atoms with E-state index in [1.54, 1.807) is 0 Å². The summed E-state index contributed by atoms with van der Waals surface area (Å²) in [5.41, 5.74) is 0.785. The summed E-state index contributed by atoms with van der Waals surface area (Å²) in [6, 6.07) is 7.95. The van der Waals surface area contributed by atoms with Crippen LogP contribution in [0.4, 0.5) is 9.18 Å². The lowest BCUT2D eigenvalue weighted by atomic mass is 9.95. The molecule has 0 aliphatic carbocycles. The fraction of sp³-hybridized carbons (Fsp3) is 0.667. The van der Waals surface area contributed by atoms with Crippen LogP contribution in [0, 0.1) is 5.92 Å². The van der Waals surface area contributed by atoms with Crippen LogP contribution in [0.15, 0.2) is 24.3 Å². The van der Waals surface area contributed by atoms with Crippen molar-refractivity contribution in [1.29, 1.82) is 0 Å². The van der Waals surface area contributed by atoms with Crippen LogP contribution in [0.1, 0.15) is 59.4 Å². The molecule has 0 radical (unpaired) electrons. The summed E-state index contributed by atoms with van der Waals surface area (Å²) in [4.78, 5) is 11.8. The first-order chi connectivity index (χ1) is 12.2. The van der Waals surface area contributed by atoms with Crippen molar-refractivity contribution in [2.45, 2.75) is 71.9 Å². The molecule has 0 spiro atoms. The number of amides is 1. The summed E-state index contributed by atoms with van der Waals surface area (Å²) in [6.45, 7) is 9.45. The number of aryl methyl sites for hydroxylation is 1. The molecule has 0 aromatic heterocycles. The molecular weight excluding hydrogens is 333 g/mol. The first-order valence-electron chi connectivity index (χ1n) is 9.47. The highest BCUT2D eigenvalue weighted by Gasteiger charge is 2.17. The second-order valence-corrected chi connectivity index (χ2v) is 7.95. The number of halogens is 1. The minimum atomic E-state index is -0.472. The lowest BCUT2D eigenvalue weighted by Crippen LogP contribution is -2.37. The first-order valence-corrected chi connectivity index (χ1v) is 9.47. The van der Waals surface area contributed by atoms with Gasteiger partial charge in [0.2, 0.25) is 0 Å². The smallest absolute Gasteiger partial charge is 0.407 e. The molecule has 0 fully saturated rings. The summed E-state index contributed by atoms with van der Waals surface area (Å²) in [5, 5.41) is 2.89. The third-order valence-electron chi connectivity index (χ3n) is 4.05. The van der Waals surface area contributed by atoms with Gasteiger partial charge in [-0.25, -0.2) is 9.18 Å². The maximum atomic E-state index is 12.1. The van der Waals surface area contributed by atoms with Crippen molar-refractivity contribution in [3.63, 3.8) is 0 Å². The molecule has 0 bridgehead atoms. The van der Waals surface area contributed by atoms with E-state index in [2.05, 4.69) is 12.2 Å². The number of hydrogen-bond donors (Lipinski definition) is 1. The highest BCUT2D eigenvalue weighted by molar-refractivity contribution is 5.67. The van der Waals surface area contributed by atoms with Crippen molar-refractivity contribution in [2.75, 3.05) is 13.3 Å². The maximum absolute atomic E-state index is 12.1. The van der Waals surface area contributed by atoms with Crippen LogP contribution in [0.5, 0.6) is 5.75 Å². The van der Waals surface area contributed by atoms with Gasteiger partial charge in [-0.05, 0) is 77.0 Å². The second-order valence-electron chi connectivity index (χ2n) is 7.95. The normalized spacial score (nSPS) is 13.8. The van der Waals surface area contributed by atoms with Crippen LogP contribution in [0.2, 0.25) is 0 Å². The van der Waals surface area contributed by atoms with Gasteiger partial charge in [-0.1, -0.05) is 19.1 Å².